The van der Waals surface area contributed by atoms with Gasteiger partial charge in [0.05, 0.1) is 41.7 Å². The van der Waals surface area contributed by atoms with E-state index in [-0.39, 0.29) is 18.2 Å². The Labute approximate surface area is 218 Å². The molecular weight excluding hydrogens is 524 g/mol. The zero-order chi connectivity index (χ0) is 25.2. The summed E-state index contributed by atoms with van der Waals surface area (Å²) in [5.74, 6) is -1.35. The predicted octanol–water partition coefficient (Wildman–Crippen LogP) is 4.00. The highest BCUT2D eigenvalue weighted by atomic mass is 35.5. The molecule has 4 heterocycles. The predicted molar refractivity (Wildman–Crippen MR) is 135 cm³/mol. The number of nitrogens with zero attached hydrogens (tertiary/aromatic N) is 5. The van der Waals surface area contributed by atoms with Crippen molar-refractivity contribution >= 4 is 57.3 Å². The number of nitrogens with one attached hydrogen (secondary N) is 1. The molecule has 10 nitrogen and oxygen atoms in total. The Bertz CT molecular complexity index is 1420. The Morgan fingerprint density at radius 1 is 1.19 bits per heavy atom. The van der Waals surface area contributed by atoms with E-state index in [9.17, 15) is 14.4 Å². The van der Waals surface area contributed by atoms with Gasteiger partial charge in [0.2, 0.25) is 0 Å². The van der Waals surface area contributed by atoms with Crippen LogP contribution in [0.2, 0.25) is 5.02 Å². The molecule has 36 heavy (non-hydrogen) atoms. The molecule has 0 bridgehead atoms. The summed E-state index contributed by atoms with van der Waals surface area (Å²) in [6.07, 6.45) is 3.79. The van der Waals surface area contributed by atoms with Crippen molar-refractivity contribution in [3.8, 4) is 11.3 Å². The van der Waals surface area contributed by atoms with Gasteiger partial charge in [-0.15, -0.1) is 16.4 Å². The van der Waals surface area contributed by atoms with Crippen LogP contribution in [-0.4, -0.2) is 61.7 Å². The van der Waals surface area contributed by atoms with Crippen molar-refractivity contribution in [2.45, 2.75) is 18.5 Å². The number of aromatic nitrogens is 4. The topological polar surface area (TPSA) is 119 Å². The molecule has 184 valence electrons. The van der Waals surface area contributed by atoms with Crippen LogP contribution in [0, 0.1) is 0 Å². The standard InChI is InChI=1S/C23H19ClN6O4S2/c1-34-23(33)19-8-14(30-11-18(27-28-30)13-9-25-36-12-13)10-29(19)22(32)16-6-7-35-21(16)26-20(31)15-4-2-3-5-17(15)24/h2-7,9,11-12,14,19H,8,10H2,1H3,(H,26,31)/t14-,19+/m1/s1. The lowest BCUT2D eigenvalue weighted by molar-refractivity contribution is -0.145. The summed E-state index contributed by atoms with van der Waals surface area (Å²) in [6, 6.07) is 7.17. The van der Waals surface area contributed by atoms with Gasteiger partial charge in [-0.2, -0.15) is 0 Å². The van der Waals surface area contributed by atoms with E-state index in [1.807, 2.05) is 5.38 Å². The molecule has 0 saturated carbocycles. The molecule has 13 heteroatoms. The summed E-state index contributed by atoms with van der Waals surface area (Å²) >= 11 is 8.67. The molecule has 0 aliphatic carbocycles. The minimum atomic E-state index is -0.810. The minimum Gasteiger partial charge on any atom is -0.467 e. The number of rotatable bonds is 6. The van der Waals surface area contributed by atoms with Gasteiger partial charge in [0, 0.05) is 23.9 Å². The van der Waals surface area contributed by atoms with E-state index in [2.05, 4.69) is 20.0 Å². The van der Waals surface area contributed by atoms with Crippen LogP contribution in [0.3, 0.4) is 0 Å². The van der Waals surface area contributed by atoms with Crippen molar-refractivity contribution in [3.63, 3.8) is 0 Å². The first-order valence-corrected chi connectivity index (χ1v) is 12.9. The number of methoxy groups -OCH3 is 1. The first kappa shape index (κ1) is 24.1. The molecule has 4 aromatic rings. The molecule has 3 aromatic heterocycles. The van der Waals surface area contributed by atoms with E-state index < -0.39 is 23.8 Å². The third-order valence-corrected chi connectivity index (χ3v) is 7.61. The first-order valence-electron chi connectivity index (χ1n) is 10.8. The number of halogens is 1. The summed E-state index contributed by atoms with van der Waals surface area (Å²) < 4.78 is 10.7. The number of carbonyl (C=O) groups is 3. The van der Waals surface area contributed by atoms with Crippen LogP contribution in [0.1, 0.15) is 33.2 Å². The molecule has 2 amide bonds. The Morgan fingerprint density at radius 2 is 2.03 bits per heavy atom. The van der Waals surface area contributed by atoms with Gasteiger partial charge in [-0.1, -0.05) is 28.9 Å². The number of hydrogen-bond acceptors (Lipinski definition) is 9. The maximum Gasteiger partial charge on any atom is 0.328 e. The molecule has 1 aliphatic heterocycles. The van der Waals surface area contributed by atoms with Crippen LogP contribution >= 0.6 is 34.5 Å². The highest BCUT2D eigenvalue weighted by molar-refractivity contribution is 7.14. The molecule has 0 radical (unpaired) electrons. The SMILES string of the molecule is COC(=O)[C@@H]1C[C@@H](n2cc(-c3cnsc3)nn2)CN1C(=O)c1ccsc1NC(=O)c1ccccc1Cl. The zero-order valence-corrected chi connectivity index (χ0v) is 21.2. The van der Waals surface area contributed by atoms with Crippen molar-refractivity contribution in [2.75, 3.05) is 19.0 Å². The second-order valence-corrected chi connectivity index (χ2v) is 9.96. The number of likely N-dealkylation sites (tertiary alicyclic amines) is 1. The number of esters is 1. The summed E-state index contributed by atoms with van der Waals surface area (Å²) in [4.78, 5) is 40.4. The van der Waals surface area contributed by atoms with Crippen LogP contribution < -0.4 is 5.32 Å². The van der Waals surface area contributed by atoms with Crippen molar-refractivity contribution in [1.29, 1.82) is 0 Å². The minimum absolute atomic E-state index is 0.219. The highest BCUT2D eigenvalue weighted by Gasteiger charge is 2.42. The van der Waals surface area contributed by atoms with Gasteiger partial charge in [-0.3, -0.25) is 9.59 Å². The van der Waals surface area contributed by atoms with Gasteiger partial charge in [-0.25, -0.2) is 13.8 Å². The van der Waals surface area contributed by atoms with Crippen LogP contribution in [0.25, 0.3) is 11.3 Å². The van der Waals surface area contributed by atoms with Crippen LogP contribution in [0.15, 0.2) is 53.5 Å². The summed E-state index contributed by atoms with van der Waals surface area (Å²) in [7, 11) is 1.29. The number of carbonyl (C=O) groups excluding carboxylic acids is 3. The van der Waals surface area contributed by atoms with Crippen molar-refractivity contribution in [2.24, 2.45) is 0 Å². The van der Waals surface area contributed by atoms with Crippen molar-refractivity contribution in [3.05, 3.63) is 69.6 Å². The molecule has 2 atom stereocenters. The number of amides is 2. The van der Waals surface area contributed by atoms with Gasteiger partial charge in [-0.05, 0) is 35.1 Å². The lowest BCUT2D eigenvalue weighted by atomic mass is 10.1. The van der Waals surface area contributed by atoms with Gasteiger partial charge < -0.3 is 15.0 Å². The van der Waals surface area contributed by atoms with E-state index >= 15 is 0 Å². The lowest BCUT2D eigenvalue weighted by Crippen LogP contribution is -2.41. The maximum absolute atomic E-state index is 13.6. The molecule has 1 saturated heterocycles. The number of ether oxygens (including phenoxy) is 1. The molecule has 0 unspecified atom stereocenters. The third-order valence-electron chi connectivity index (χ3n) is 5.87. The van der Waals surface area contributed by atoms with Crippen LogP contribution in [-0.2, 0) is 9.53 Å². The fraction of sp³-hybridized carbons (Fsp3) is 0.217. The van der Waals surface area contributed by atoms with Gasteiger partial charge >= 0.3 is 5.97 Å². The van der Waals surface area contributed by atoms with Gasteiger partial charge in [0.1, 0.15) is 16.7 Å². The molecule has 1 aliphatic rings. The quantitative estimate of drug-likeness (QED) is 0.366. The van der Waals surface area contributed by atoms with E-state index in [4.69, 9.17) is 16.3 Å². The van der Waals surface area contributed by atoms with Crippen molar-refractivity contribution < 1.29 is 19.1 Å². The summed E-state index contributed by atoms with van der Waals surface area (Å²) in [5.41, 5.74) is 2.07. The fourth-order valence-corrected chi connectivity index (χ4v) is 5.58. The molecule has 0 spiro atoms. The largest absolute Gasteiger partial charge is 0.467 e. The normalized spacial score (nSPS) is 17.2. The van der Waals surface area contributed by atoms with E-state index in [0.717, 1.165) is 5.56 Å². The summed E-state index contributed by atoms with van der Waals surface area (Å²) in [6.45, 7) is 0.219. The molecule has 1 aromatic carbocycles. The number of benzene rings is 1. The average molecular weight is 543 g/mol. The van der Waals surface area contributed by atoms with E-state index in [0.29, 0.717) is 27.7 Å². The Kier molecular flexibility index (Phi) is 6.81. The lowest BCUT2D eigenvalue weighted by Gasteiger charge is -2.22. The Hall–Kier alpha value is -3.61. The number of thiophene rings is 1. The van der Waals surface area contributed by atoms with E-state index in [1.54, 1.807) is 52.8 Å². The molecular formula is C23H19ClN6O4S2. The summed E-state index contributed by atoms with van der Waals surface area (Å²) in [5, 5.41) is 15.4. The van der Waals surface area contributed by atoms with Crippen molar-refractivity contribution in [1.82, 2.24) is 24.3 Å². The zero-order valence-electron chi connectivity index (χ0n) is 18.8. The molecule has 1 fully saturated rings. The van der Waals surface area contributed by atoms with Gasteiger partial charge in [0.15, 0.2) is 0 Å². The average Bonchev–Trinajstić information content (AvgIpc) is 3.68. The monoisotopic (exact) mass is 542 g/mol. The van der Waals surface area contributed by atoms with E-state index in [1.165, 1.54) is 34.9 Å². The fourth-order valence-electron chi connectivity index (χ4n) is 4.05. The molecule has 5 rings (SSSR count). The van der Waals surface area contributed by atoms with Gasteiger partial charge in [0.25, 0.3) is 11.8 Å². The van der Waals surface area contributed by atoms with Crippen LogP contribution in [0.5, 0.6) is 0 Å². The maximum atomic E-state index is 13.6. The number of hydrogen-bond donors (Lipinski definition) is 1. The Morgan fingerprint density at radius 3 is 2.78 bits per heavy atom. The van der Waals surface area contributed by atoms with Crippen LogP contribution in [0.4, 0.5) is 5.00 Å². The molecule has 1 N–H and O–H groups in total. The first-order chi connectivity index (χ1) is 17.5. The second-order valence-electron chi connectivity index (χ2n) is 7.98. The highest BCUT2D eigenvalue weighted by Crippen LogP contribution is 2.33. The Balaban J connectivity index is 1.38. The number of anilines is 1. The smallest absolute Gasteiger partial charge is 0.328 e. The third kappa shape index (κ3) is 4.62. The second kappa shape index (κ2) is 10.2.